The van der Waals surface area contributed by atoms with Crippen molar-refractivity contribution < 1.29 is 51.9 Å². The minimum Gasteiger partial charge on any atom is -0.292 e. The van der Waals surface area contributed by atoms with E-state index in [0.717, 1.165) is 0 Å². The average molecular weight is 345 g/mol. The summed E-state index contributed by atoms with van der Waals surface area (Å²) in [4.78, 5) is 0. The maximum Gasteiger partial charge on any atom is 0.513 e. The highest BCUT2D eigenvalue weighted by Crippen LogP contribution is 2.35. The third-order valence-corrected chi connectivity index (χ3v) is 6.44. The maximum absolute atomic E-state index is 11.9. The number of nitrogens with zero attached hydrogens (tertiary/aromatic N) is 1. The quantitative estimate of drug-likeness (QED) is 0.575. The molecule has 0 saturated heterocycles. The fraction of sp³-hybridized carbons (Fsp3) is 1.00. The van der Waals surface area contributed by atoms with E-state index in [1.54, 1.807) is 0 Å². The van der Waals surface area contributed by atoms with Crippen molar-refractivity contribution in [2.75, 3.05) is 0 Å². The van der Waals surface area contributed by atoms with Gasteiger partial charge in [-0.1, -0.05) is 0 Å². The molecule has 0 aliphatic carbocycles. The normalized spacial score (nSPS) is 16.9. The van der Waals surface area contributed by atoms with Gasteiger partial charge in [0, 0.05) is 3.12 Å². The van der Waals surface area contributed by atoms with Gasteiger partial charge in [0.15, 0.2) is 0 Å². The molecule has 0 aliphatic heterocycles. The largest absolute Gasteiger partial charge is 0.513 e. The summed E-state index contributed by atoms with van der Waals surface area (Å²) < 4.78 is 129. The molecule has 0 aromatic carbocycles. The van der Waals surface area contributed by atoms with Gasteiger partial charge in [0.2, 0.25) is 0 Å². The smallest absolute Gasteiger partial charge is 0.292 e. The van der Waals surface area contributed by atoms with Crippen molar-refractivity contribution in [3.05, 3.63) is 0 Å². The van der Waals surface area contributed by atoms with Crippen LogP contribution in [0.5, 0.6) is 0 Å². The zero-order chi connectivity index (χ0) is 15.2. The molecule has 0 aromatic rings. The lowest BCUT2D eigenvalue weighted by atomic mass is 11.6. The highest BCUT2D eigenvalue weighted by atomic mass is 32.3. The summed E-state index contributed by atoms with van der Waals surface area (Å²) >= 11 is -4.62. The number of halogens is 6. The molecule has 16 heteroatoms. The summed E-state index contributed by atoms with van der Waals surface area (Å²) in [6.45, 7) is 0. The minimum absolute atomic E-state index is 2.57. The fourth-order valence-electron chi connectivity index (χ4n) is 0.466. The van der Waals surface area contributed by atoms with Crippen LogP contribution in [0.25, 0.3) is 0 Å². The summed E-state index contributed by atoms with van der Waals surface area (Å²) in [6.07, 6.45) is 0. The van der Waals surface area contributed by atoms with Crippen LogP contribution in [0.4, 0.5) is 26.3 Å². The number of sulfonamides is 2. The molecule has 0 amide bonds. The van der Waals surface area contributed by atoms with Crippen molar-refractivity contribution in [1.29, 1.82) is 0 Å². The molecule has 0 fully saturated rings. The van der Waals surface area contributed by atoms with Crippen LogP contribution in [-0.4, -0.2) is 39.7 Å². The van der Waals surface area contributed by atoms with Gasteiger partial charge in [0.1, 0.15) is 0 Å². The van der Waals surface area contributed by atoms with Crippen molar-refractivity contribution in [1.82, 2.24) is 3.12 Å². The molecule has 7 nitrogen and oxygen atoms in total. The fourth-order valence-corrected chi connectivity index (χ4v) is 4.19. The first-order chi connectivity index (χ1) is 7.57. The van der Waals surface area contributed by atoms with Crippen LogP contribution >= 0.6 is 0 Å². The second-order valence-electron chi connectivity index (χ2n) is 2.30. The van der Waals surface area contributed by atoms with Gasteiger partial charge in [-0.05, 0) is 0 Å². The second-order valence-corrected chi connectivity index (χ2v) is 7.37. The number of alkyl halides is 6. The molecule has 1 N–H and O–H groups in total. The third-order valence-electron chi connectivity index (χ3n) is 1.11. The lowest BCUT2D eigenvalue weighted by Crippen LogP contribution is -2.49. The summed E-state index contributed by atoms with van der Waals surface area (Å²) in [5.74, 6) is 0. The Hall–Kier alpha value is -0.450. The maximum atomic E-state index is 11.9. The summed E-state index contributed by atoms with van der Waals surface area (Å²) in [5, 5.41) is 0. The first kappa shape index (κ1) is 17.6. The van der Waals surface area contributed by atoms with Crippen LogP contribution < -0.4 is 0 Å². The highest BCUT2D eigenvalue weighted by Gasteiger charge is 2.64. The lowest BCUT2D eigenvalue weighted by molar-refractivity contribution is -0.0507. The lowest BCUT2D eigenvalue weighted by Gasteiger charge is -2.19. The average Bonchev–Trinajstić information content (AvgIpc) is 1.96. The molecule has 0 aromatic heterocycles. The van der Waals surface area contributed by atoms with Crippen LogP contribution in [0, 0.1) is 0 Å². The van der Waals surface area contributed by atoms with E-state index in [-0.39, 0.29) is 0 Å². The van der Waals surface area contributed by atoms with Crippen LogP contribution in [0.1, 0.15) is 0 Å². The van der Waals surface area contributed by atoms with Gasteiger partial charge in [0.25, 0.3) is 11.3 Å². The monoisotopic (exact) mass is 345 g/mol. The van der Waals surface area contributed by atoms with Crippen LogP contribution in [0.3, 0.4) is 0 Å². The van der Waals surface area contributed by atoms with Crippen molar-refractivity contribution in [3.8, 4) is 0 Å². The molecular formula is C2HF6NO6S3. The molecule has 1 atom stereocenters. The predicted octanol–water partition coefficient (Wildman–Crippen LogP) is 0.124. The van der Waals surface area contributed by atoms with E-state index in [1.807, 2.05) is 0 Å². The van der Waals surface area contributed by atoms with Gasteiger partial charge in [-0.25, -0.2) is 21.0 Å². The van der Waals surface area contributed by atoms with Crippen LogP contribution in [0.15, 0.2) is 0 Å². The molecule has 0 rings (SSSR count). The molecule has 18 heavy (non-hydrogen) atoms. The van der Waals surface area contributed by atoms with Crippen LogP contribution in [-0.2, 0) is 31.3 Å². The Kier molecular flexibility index (Phi) is 4.47. The number of hydrogen-bond donors (Lipinski definition) is 1. The molecule has 0 saturated carbocycles. The van der Waals surface area contributed by atoms with Gasteiger partial charge in [0.05, 0.1) is 0 Å². The van der Waals surface area contributed by atoms with E-state index < -0.39 is 45.4 Å². The van der Waals surface area contributed by atoms with Gasteiger partial charge < -0.3 is 0 Å². The van der Waals surface area contributed by atoms with Crippen molar-refractivity contribution in [2.45, 2.75) is 11.0 Å². The third kappa shape index (κ3) is 2.92. The SMILES string of the molecule is O=S(O)N(S(=O)(=O)C(F)(F)F)S(=O)(=O)C(F)(F)F. The molecule has 0 heterocycles. The van der Waals surface area contributed by atoms with E-state index in [0.29, 0.717) is 0 Å². The molecule has 0 aliphatic rings. The Morgan fingerprint density at radius 3 is 1.17 bits per heavy atom. The van der Waals surface area contributed by atoms with Gasteiger partial charge >= 0.3 is 31.1 Å². The minimum atomic E-state index is -7.20. The van der Waals surface area contributed by atoms with E-state index in [1.165, 1.54) is 0 Å². The highest BCUT2D eigenvalue weighted by molar-refractivity contribution is 8.14. The van der Waals surface area contributed by atoms with E-state index in [4.69, 9.17) is 4.55 Å². The Balaban J connectivity index is 6.23. The summed E-state index contributed by atoms with van der Waals surface area (Å²) in [6, 6.07) is 0. The van der Waals surface area contributed by atoms with Crippen molar-refractivity contribution in [2.24, 2.45) is 0 Å². The van der Waals surface area contributed by atoms with E-state index in [9.17, 15) is 47.4 Å². The van der Waals surface area contributed by atoms with Gasteiger partial charge in [-0.15, -0.1) is 0 Å². The number of rotatable bonds is 3. The molecular weight excluding hydrogens is 344 g/mol. The Morgan fingerprint density at radius 1 is 0.833 bits per heavy atom. The van der Waals surface area contributed by atoms with Gasteiger partial charge in [-0.2, -0.15) is 26.3 Å². The van der Waals surface area contributed by atoms with Crippen LogP contribution in [0.2, 0.25) is 0 Å². The first-order valence-corrected chi connectivity index (χ1v) is 7.05. The zero-order valence-electron chi connectivity index (χ0n) is 7.43. The van der Waals surface area contributed by atoms with Crippen molar-refractivity contribution in [3.63, 3.8) is 0 Å². The number of hydrogen-bond acceptors (Lipinski definition) is 5. The topological polar surface area (TPSA) is 109 Å². The molecule has 0 bridgehead atoms. The van der Waals surface area contributed by atoms with E-state index in [2.05, 4.69) is 0 Å². The molecule has 0 radical (unpaired) electrons. The Bertz CT molecular complexity index is 497. The Labute approximate surface area is 97.9 Å². The zero-order valence-corrected chi connectivity index (χ0v) is 9.88. The van der Waals surface area contributed by atoms with Crippen molar-refractivity contribution >= 4 is 31.3 Å². The molecule has 110 valence electrons. The summed E-state index contributed by atoms with van der Waals surface area (Å²) in [5.41, 5.74) is -13.0. The van der Waals surface area contributed by atoms with E-state index >= 15 is 0 Å². The van der Waals surface area contributed by atoms with Gasteiger partial charge in [-0.3, -0.25) is 4.55 Å². The Morgan fingerprint density at radius 2 is 1.06 bits per heavy atom. The second kappa shape index (κ2) is 4.58. The molecule has 0 spiro atoms. The standard InChI is InChI=1S/C2HF6NO6S3/c3-1(4,5)17(12,13)9(16(10)11)18(14,15)2(6,7)8/h(H,10,11). The first-order valence-electron chi connectivity index (χ1n) is 3.11. The summed E-state index contributed by atoms with van der Waals surface area (Å²) in [7, 11) is -14.4. The predicted molar refractivity (Wildman–Crippen MR) is 42.6 cm³/mol. The molecule has 1 unspecified atom stereocenters.